The lowest BCUT2D eigenvalue weighted by Gasteiger charge is -2.12. The van der Waals surface area contributed by atoms with E-state index in [0.717, 1.165) is 16.2 Å². The van der Waals surface area contributed by atoms with Crippen LogP contribution in [0.25, 0.3) is 0 Å². The highest BCUT2D eigenvalue weighted by Crippen LogP contribution is 2.22. The van der Waals surface area contributed by atoms with Gasteiger partial charge in [0.2, 0.25) is 5.91 Å². The van der Waals surface area contributed by atoms with Crippen LogP contribution >= 0.6 is 0 Å². The molecule has 0 spiro atoms. The lowest BCUT2D eigenvalue weighted by atomic mass is 10.1. The number of ether oxygens (including phenoxy) is 1. The number of nitrogens with one attached hydrogen (secondary N) is 1. The van der Waals surface area contributed by atoms with Crippen molar-refractivity contribution < 1.29 is 23.9 Å². The molecule has 0 aliphatic carbocycles. The number of benzene rings is 2. The molecule has 0 bridgehead atoms. The number of fused-ring (bicyclic) bond motifs is 1. The smallest absolute Gasteiger partial charge is 0.414 e. The van der Waals surface area contributed by atoms with Crippen LogP contribution in [0.3, 0.4) is 0 Å². The van der Waals surface area contributed by atoms with E-state index < -0.39 is 17.7 Å². The SMILES string of the molecule is O=C(CN1C(=O)c2ccccc2C1=O)NCC#Cc1ccc(N2CCOC2=O)cc1. The number of cyclic esters (lactones) is 1. The van der Waals surface area contributed by atoms with Crippen molar-refractivity contribution >= 4 is 29.5 Å². The molecule has 150 valence electrons. The normalized spacial score (nSPS) is 14.9. The van der Waals surface area contributed by atoms with E-state index in [1.54, 1.807) is 48.5 Å². The number of rotatable bonds is 4. The highest BCUT2D eigenvalue weighted by molar-refractivity contribution is 6.22. The summed E-state index contributed by atoms with van der Waals surface area (Å²) in [7, 11) is 0. The summed E-state index contributed by atoms with van der Waals surface area (Å²) >= 11 is 0. The van der Waals surface area contributed by atoms with Crippen LogP contribution in [0.1, 0.15) is 26.3 Å². The van der Waals surface area contributed by atoms with Crippen molar-refractivity contribution in [3.63, 3.8) is 0 Å². The highest BCUT2D eigenvalue weighted by Gasteiger charge is 2.36. The first-order valence-corrected chi connectivity index (χ1v) is 9.30. The molecule has 1 N–H and O–H groups in total. The van der Waals surface area contributed by atoms with Crippen molar-refractivity contribution in [1.29, 1.82) is 0 Å². The first-order chi connectivity index (χ1) is 14.5. The van der Waals surface area contributed by atoms with Gasteiger partial charge in [0, 0.05) is 11.3 Å². The molecule has 4 rings (SSSR count). The summed E-state index contributed by atoms with van der Waals surface area (Å²) in [6.45, 7) is 0.612. The van der Waals surface area contributed by atoms with Gasteiger partial charge in [0.05, 0.1) is 24.2 Å². The summed E-state index contributed by atoms with van der Waals surface area (Å²) in [6, 6.07) is 13.6. The fourth-order valence-electron chi connectivity index (χ4n) is 3.22. The van der Waals surface area contributed by atoms with Crippen LogP contribution in [0.15, 0.2) is 48.5 Å². The number of carbonyl (C=O) groups excluding carboxylic acids is 4. The van der Waals surface area contributed by atoms with Crippen molar-refractivity contribution in [2.45, 2.75) is 0 Å². The maximum Gasteiger partial charge on any atom is 0.414 e. The molecule has 8 heteroatoms. The van der Waals surface area contributed by atoms with Crippen molar-refractivity contribution in [3.05, 3.63) is 65.2 Å². The molecule has 0 aromatic heterocycles. The van der Waals surface area contributed by atoms with Gasteiger partial charge in [0.25, 0.3) is 11.8 Å². The van der Waals surface area contributed by atoms with Gasteiger partial charge < -0.3 is 10.1 Å². The molecule has 2 aliphatic heterocycles. The third-order valence-corrected chi connectivity index (χ3v) is 4.73. The summed E-state index contributed by atoms with van der Waals surface area (Å²) < 4.78 is 4.90. The Labute approximate surface area is 172 Å². The predicted molar refractivity (Wildman–Crippen MR) is 107 cm³/mol. The fourth-order valence-corrected chi connectivity index (χ4v) is 3.22. The maximum absolute atomic E-state index is 12.3. The average Bonchev–Trinajstić information content (AvgIpc) is 3.29. The number of carbonyl (C=O) groups is 4. The van der Waals surface area contributed by atoms with Crippen LogP contribution in [-0.4, -0.2) is 55.0 Å². The Balaban J connectivity index is 1.29. The minimum Gasteiger partial charge on any atom is -0.447 e. The largest absolute Gasteiger partial charge is 0.447 e. The van der Waals surface area contributed by atoms with Crippen LogP contribution < -0.4 is 10.2 Å². The third kappa shape index (κ3) is 3.73. The van der Waals surface area contributed by atoms with E-state index in [2.05, 4.69) is 17.2 Å². The Morgan fingerprint density at radius 2 is 1.67 bits per heavy atom. The van der Waals surface area contributed by atoms with Crippen molar-refractivity contribution in [1.82, 2.24) is 10.2 Å². The van der Waals surface area contributed by atoms with E-state index in [-0.39, 0.29) is 19.2 Å². The zero-order chi connectivity index (χ0) is 21.1. The van der Waals surface area contributed by atoms with Crippen LogP contribution in [0, 0.1) is 11.8 Å². The van der Waals surface area contributed by atoms with Crippen LogP contribution in [0.5, 0.6) is 0 Å². The van der Waals surface area contributed by atoms with Gasteiger partial charge in [0.15, 0.2) is 0 Å². The molecule has 2 aromatic carbocycles. The maximum atomic E-state index is 12.3. The second kappa shape index (κ2) is 8.09. The number of nitrogens with zero attached hydrogens (tertiary/aromatic N) is 2. The fraction of sp³-hybridized carbons (Fsp3) is 0.182. The van der Waals surface area contributed by atoms with Gasteiger partial charge in [0.1, 0.15) is 13.2 Å². The van der Waals surface area contributed by atoms with Crippen LogP contribution in [-0.2, 0) is 9.53 Å². The van der Waals surface area contributed by atoms with E-state index in [9.17, 15) is 19.2 Å². The highest BCUT2D eigenvalue weighted by atomic mass is 16.6. The van der Waals surface area contributed by atoms with E-state index in [0.29, 0.717) is 24.3 Å². The van der Waals surface area contributed by atoms with Crippen molar-refractivity contribution in [2.24, 2.45) is 0 Å². The molecule has 2 aromatic rings. The monoisotopic (exact) mass is 403 g/mol. The zero-order valence-corrected chi connectivity index (χ0v) is 15.9. The van der Waals surface area contributed by atoms with Gasteiger partial charge in [-0.25, -0.2) is 4.79 Å². The van der Waals surface area contributed by atoms with E-state index in [4.69, 9.17) is 4.74 Å². The van der Waals surface area contributed by atoms with Gasteiger partial charge in [-0.15, -0.1) is 0 Å². The molecule has 8 nitrogen and oxygen atoms in total. The Bertz CT molecular complexity index is 1060. The molecular weight excluding hydrogens is 386 g/mol. The van der Waals surface area contributed by atoms with Gasteiger partial charge in [-0.3, -0.25) is 24.2 Å². The lowest BCUT2D eigenvalue weighted by molar-refractivity contribution is -0.121. The molecule has 4 amide bonds. The first-order valence-electron chi connectivity index (χ1n) is 9.30. The van der Waals surface area contributed by atoms with E-state index in [1.165, 1.54) is 4.90 Å². The number of imide groups is 1. The molecule has 1 saturated heterocycles. The molecule has 0 saturated carbocycles. The standard InChI is InChI=1S/C22H17N3O5/c26-19(14-25-20(27)17-5-1-2-6-18(17)21(25)28)23-11-3-4-15-7-9-16(10-8-15)24-12-13-30-22(24)29/h1-2,5-10H,11-14H2,(H,23,26). The molecule has 0 atom stereocenters. The number of amides is 4. The Hall–Kier alpha value is -4.12. The minimum atomic E-state index is -0.473. The van der Waals surface area contributed by atoms with E-state index >= 15 is 0 Å². The minimum absolute atomic E-state index is 0.0716. The van der Waals surface area contributed by atoms with E-state index in [1.807, 2.05) is 0 Å². The number of anilines is 1. The average molecular weight is 403 g/mol. The lowest BCUT2D eigenvalue weighted by Crippen LogP contribution is -2.40. The Kier molecular flexibility index (Phi) is 5.18. The molecule has 1 fully saturated rings. The molecule has 2 aliphatic rings. The summed E-state index contributed by atoms with van der Waals surface area (Å²) in [6.07, 6.45) is -0.366. The van der Waals surface area contributed by atoms with Crippen LogP contribution in [0.2, 0.25) is 0 Å². The molecule has 30 heavy (non-hydrogen) atoms. The second-order valence-corrected chi connectivity index (χ2v) is 6.63. The third-order valence-electron chi connectivity index (χ3n) is 4.73. The van der Waals surface area contributed by atoms with Gasteiger partial charge in [-0.2, -0.15) is 0 Å². The summed E-state index contributed by atoms with van der Waals surface area (Å²) in [5.41, 5.74) is 2.07. The summed E-state index contributed by atoms with van der Waals surface area (Å²) in [5, 5.41) is 2.58. The number of hydrogen-bond donors (Lipinski definition) is 1. The van der Waals surface area contributed by atoms with Crippen molar-refractivity contribution in [3.8, 4) is 11.8 Å². The Morgan fingerprint density at radius 1 is 1.00 bits per heavy atom. The predicted octanol–water partition coefficient (Wildman–Crippen LogP) is 1.41. The topological polar surface area (TPSA) is 96.0 Å². The van der Waals surface area contributed by atoms with Crippen molar-refractivity contribution in [2.75, 3.05) is 31.1 Å². The number of hydrogen-bond acceptors (Lipinski definition) is 5. The first kappa shape index (κ1) is 19.2. The zero-order valence-electron chi connectivity index (χ0n) is 15.9. The second-order valence-electron chi connectivity index (χ2n) is 6.63. The molecule has 0 radical (unpaired) electrons. The van der Waals surface area contributed by atoms with Gasteiger partial charge in [-0.05, 0) is 36.4 Å². The van der Waals surface area contributed by atoms with Gasteiger partial charge >= 0.3 is 6.09 Å². The summed E-state index contributed by atoms with van der Waals surface area (Å²) in [5.74, 6) is 4.31. The van der Waals surface area contributed by atoms with Gasteiger partial charge in [-0.1, -0.05) is 24.0 Å². The summed E-state index contributed by atoms with van der Waals surface area (Å²) in [4.78, 5) is 50.6. The molecule has 2 heterocycles. The quantitative estimate of drug-likeness (QED) is 0.615. The molecular formula is C22H17N3O5. The van der Waals surface area contributed by atoms with Crippen LogP contribution in [0.4, 0.5) is 10.5 Å². The Morgan fingerprint density at radius 3 is 2.27 bits per heavy atom. The molecule has 0 unspecified atom stereocenters.